The van der Waals surface area contributed by atoms with Gasteiger partial charge in [0, 0.05) is 11.5 Å². The molecule has 1 saturated carbocycles. The second-order valence-corrected chi connectivity index (χ2v) is 7.19. The van der Waals surface area contributed by atoms with Crippen LogP contribution >= 0.6 is 0 Å². The second-order valence-electron chi connectivity index (χ2n) is 7.19. The predicted molar refractivity (Wildman–Crippen MR) is 87.8 cm³/mol. The summed E-state index contributed by atoms with van der Waals surface area (Å²) in [5.74, 6) is 0.807. The topological polar surface area (TPSA) is 106 Å². The molecule has 2 heterocycles. The molecule has 0 aromatic carbocycles. The minimum atomic E-state index is -0.452. The van der Waals surface area contributed by atoms with E-state index in [1.807, 2.05) is 25.3 Å². The molecular weight excluding hydrogens is 308 g/mol. The summed E-state index contributed by atoms with van der Waals surface area (Å²) < 4.78 is 1.97. The fraction of sp³-hybridized carbons (Fsp3) is 0.562. The highest BCUT2D eigenvalue weighted by molar-refractivity contribution is 5.94. The lowest BCUT2D eigenvalue weighted by atomic mass is 9.95. The van der Waals surface area contributed by atoms with E-state index in [9.17, 15) is 9.59 Å². The van der Waals surface area contributed by atoms with Crippen LogP contribution < -0.4 is 10.9 Å². The highest BCUT2D eigenvalue weighted by Gasteiger charge is 2.26. The lowest BCUT2D eigenvalue weighted by molar-refractivity contribution is 0.0946. The van der Waals surface area contributed by atoms with Crippen LogP contribution in [0, 0.1) is 6.92 Å². The normalized spacial score (nSPS) is 14.7. The van der Waals surface area contributed by atoms with E-state index < -0.39 is 11.5 Å². The van der Waals surface area contributed by atoms with Crippen LogP contribution in [-0.2, 0) is 12.0 Å². The van der Waals surface area contributed by atoms with E-state index in [0.717, 1.165) is 12.8 Å². The third kappa shape index (κ3) is 3.22. The van der Waals surface area contributed by atoms with Crippen molar-refractivity contribution in [2.45, 2.75) is 58.5 Å². The number of nitrogens with zero attached hydrogens (tertiary/aromatic N) is 4. The summed E-state index contributed by atoms with van der Waals surface area (Å²) in [5, 5.41) is 10.7. The van der Waals surface area contributed by atoms with Gasteiger partial charge >= 0.3 is 0 Å². The molecule has 0 spiro atoms. The molecule has 2 aromatic heterocycles. The van der Waals surface area contributed by atoms with Gasteiger partial charge in [0.25, 0.3) is 11.5 Å². The molecule has 0 unspecified atom stereocenters. The van der Waals surface area contributed by atoms with E-state index in [4.69, 9.17) is 0 Å². The zero-order valence-corrected chi connectivity index (χ0v) is 14.4. The van der Waals surface area contributed by atoms with Crippen molar-refractivity contribution in [2.75, 3.05) is 0 Å². The number of nitrogens with one attached hydrogen (secondary N) is 2. The second kappa shape index (κ2) is 5.85. The zero-order chi connectivity index (χ0) is 17.5. The summed E-state index contributed by atoms with van der Waals surface area (Å²) >= 11 is 0. The first-order valence-electron chi connectivity index (χ1n) is 8.05. The number of carbonyl (C=O) groups is 1. The molecule has 3 rings (SSSR count). The van der Waals surface area contributed by atoms with E-state index in [0.29, 0.717) is 23.4 Å². The Morgan fingerprint density at radius 1 is 1.42 bits per heavy atom. The summed E-state index contributed by atoms with van der Waals surface area (Å²) in [6, 6.07) is 0.435. The van der Waals surface area contributed by atoms with Crippen molar-refractivity contribution in [3.8, 4) is 0 Å². The predicted octanol–water partition coefficient (Wildman–Crippen LogP) is 1.23. The first kappa shape index (κ1) is 16.4. The van der Waals surface area contributed by atoms with Crippen LogP contribution in [-0.4, -0.2) is 30.6 Å². The molecule has 0 bridgehead atoms. The molecule has 1 aliphatic carbocycles. The SMILES string of the molecule is Cc1nc(C(C)(C)C)[nH]c(=O)c1C(=O)NCc1nncn1C1CC1. The Morgan fingerprint density at radius 3 is 2.71 bits per heavy atom. The summed E-state index contributed by atoms with van der Waals surface area (Å²) in [4.78, 5) is 31.8. The Balaban J connectivity index is 1.77. The lowest BCUT2D eigenvalue weighted by Gasteiger charge is -2.18. The number of hydrogen-bond donors (Lipinski definition) is 2. The van der Waals surface area contributed by atoms with Gasteiger partial charge in [-0.05, 0) is 19.8 Å². The molecule has 0 saturated heterocycles. The number of aryl methyl sites for hydroxylation is 1. The molecule has 128 valence electrons. The summed E-state index contributed by atoms with van der Waals surface area (Å²) in [7, 11) is 0. The Morgan fingerprint density at radius 2 is 2.12 bits per heavy atom. The van der Waals surface area contributed by atoms with E-state index >= 15 is 0 Å². The number of aromatic nitrogens is 5. The van der Waals surface area contributed by atoms with Crippen LogP contribution in [0.25, 0.3) is 0 Å². The molecule has 8 nitrogen and oxygen atoms in total. The van der Waals surface area contributed by atoms with Gasteiger partial charge in [-0.1, -0.05) is 20.8 Å². The van der Waals surface area contributed by atoms with Gasteiger partial charge in [0.1, 0.15) is 17.7 Å². The molecule has 1 aliphatic rings. The average molecular weight is 330 g/mol. The average Bonchev–Trinajstić information content (AvgIpc) is 3.22. The third-order valence-electron chi connectivity index (χ3n) is 4.03. The maximum Gasteiger partial charge on any atom is 0.264 e. The van der Waals surface area contributed by atoms with Crippen molar-refractivity contribution in [2.24, 2.45) is 0 Å². The van der Waals surface area contributed by atoms with Crippen molar-refractivity contribution in [1.82, 2.24) is 30.0 Å². The number of hydrogen-bond acceptors (Lipinski definition) is 5. The van der Waals surface area contributed by atoms with Gasteiger partial charge in [-0.2, -0.15) is 0 Å². The van der Waals surface area contributed by atoms with Gasteiger partial charge in [-0.15, -0.1) is 10.2 Å². The van der Waals surface area contributed by atoms with Crippen molar-refractivity contribution >= 4 is 5.91 Å². The van der Waals surface area contributed by atoms with Crippen LogP contribution in [0.15, 0.2) is 11.1 Å². The Labute approximate surface area is 139 Å². The Hall–Kier alpha value is -2.51. The largest absolute Gasteiger partial charge is 0.344 e. The van der Waals surface area contributed by atoms with E-state index in [1.165, 1.54) is 0 Å². The van der Waals surface area contributed by atoms with Crippen LogP contribution in [0.4, 0.5) is 0 Å². The summed E-state index contributed by atoms with van der Waals surface area (Å²) in [5.41, 5.74) is -0.251. The zero-order valence-electron chi connectivity index (χ0n) is 14.4. The molecule has 24 heavy (non-hydrogen) atoms. The minimum absolute atomic E-state index is 0.0421. The number of carbonyl (C=O) groups excluding carboxylic acids is 1. The van der Waals surface area contributed by atoms with Crippen LogP contribution in [0.2, 0.25) is 0 Å². The summed E-state index contributed by atoms with van der Waals surface area (Å²) in [6.45, 7) is 7.76. The molecule has 2 aromatic rings. The van der Waals surface area contributed by atoms with Crippen molar-refractivity contribution in [3.63, 3.8) is 0 Å². The van der Waals surface area contributed by atoms with Gasteiger partial charge in [0.15, 0.2) is 5.82 Å². The molecule has 8 heteroatoms. The van der Waals surface area contributed by atoms with E-state index in [-0.39, 0.29) is 17.5 Å². The number of rotatable bonds is 4. The van der Waals surface area contributed by atoms with E-state index in [2.05, 4.69) is 25.5 Å². The molecule has 0 radical (unpaired) electrons. The fourth-order valence-corrected chi connectivity index (χ4v) is 2.51. The van der Waals surface area contributed by atoms with Gasteiger partial charge in [0.05, 0.1) is 12.2 Å². The monoisotopic (exact) mass is 330 g/mol. The minimum Gasteiger partial charge on any atom is -0.344 e. The number of H-pyrrole nitrogens is 1. The van der Waals surface area contributed by atoms with Crippen molar-refractivity contribution < 1.29 is 4.79 Å². The molecule has 1 fully saturated rings. The van der Waals surface area contributed by atoms with Crippen molar-refractivity contribution in [3.05, 3.63) is 39.6 Å². The summed E-state index contributed by atoms with van der Waals surface area (Å²) in [6.07, 6.45) is 3.89. The van der Waals surface area contributed by atoms with E-state index in [1.54, 1.807) is 13.3 Å². The molecule has 0 atom stereocenters. The smallest absolute Gasteiger partial charge is 0.264 e. The molecule has 1 amide bonds. The van der Waals surface area contributed by atoms with Gasteiger partial charge in [-0.25, -0.2) is 4.98 Å². The van der Waals surface area contributed by atoms with Gasteiger partial charge in [0.2, 0.25) is 0 Å². The highest BCUT2D eigenvalue weighted by atomic mass is 16.2. The number of aromatic amines is 1. The fourth-order valence-electron chi connectivity index (χ4n) is 2.51. The van der Waals surface area contributed by atoms with Gasteiger partial charge in [-0.3, -0.25) is 9.59 Å². The molecule has 0 aliphatic heterocycles. The highest BCUT2D eigenvalue weighted by Crippen LogP contribution is 2.35. The van der Waals surface area contributed by atoms with Crippen LogP contribution in [0.3, 0.4) is 0 Å². The Kier molecular flexibility index (Phi) is 3.98. The quantitative estimate of drug-likeness (QED) is 0.877. The van der Waals surface area contributed by atoms with Crippen LogP contribution in [0.5, 0.6) is 0 Å². The Bertz CT molecular complexity index is 826. The van der Waals surface area contributed by atoms with Gasteiger partial charge < -0.3 is 14.9 Å². The maximum absolute atomic E-state index is 12.4. The van der Waals surface area contributed by atoms with Crippen molar-refractivity contribution in [1.29, 1.82) is 0 Å². The lowest BCUT2D eigenvalue weighted by Crippen LogP contribution is -2.34. The maximum atomic E-state index is 12.4. The first-order valence-corrected chi connectivity index (χ1v) is 8.05. The molecule has 2 N–H and O–H groups in total. The third-order valence-corrected chi connectivity index (χ3v) is 4.03. The first-order chi connectivity index (χ1) is 11.3. The van der Waals surface area contributed by atoms with Crippen LogP contribution in [0.1, 0.15) is 67.4 Å². The molecular formula is C16H22N6O2. The standard InChI is InChI=1S/C16H22N6O2/c1-9-12(14(24)20-15(19-9)16(2,3)4)13(23)17-7-11-21-18-8-22(11)10-5-6-10/h8,10H,5-7H2,1-4H3,(H,17,23)(H,19,20,24). The number of amides is 1.